The number of nitrogens with zero attached hydrogens (tertiary/aromatic N) is 2. The molecule has 1 aliphatic heterocycles. The van der Waals surface area contributed by atoms with E-state index < -0.39 is 18.0 Å². The van der Waals surface area contributed by atoms with E-state index in [-0.39, 0.29) is 18.3 Å². The van der Waals surface area contributed by atoms with Crippen molar-refractivity contribution in [1.82, 2.24) is 9.55 Å². The van der Waals surface area contributed by atoms with Crippen LogP contribution in [0.4, 0.5) is 13.2 Å². The summed E-state index contributed by atoms with van der Waals surface area (Å²) in [4.78, 5) is 4.21. The van der Waals surface area contributed by atoms with Gasteiger partial charge in [-0.3, -0.25) is 0 Å². The van der Waals surface area contributed by atoms with Crippen LogP contribution in [0.3, 0.4) is 0 Å². The van der Waals surface area contributed by atoms with Gasteiger partial charge < -0.3 is 18.8 Å². The van der Waals surface area contributed by atoms with Gasteiger partial charge in [-0.15, -0.1) is 0 Å². The zero-order valence-corrected chi connectivity index (χ0v) is 17.9. The number of halogens is 3. The molecule has 1 fully saturated rings. The minimum Gasteiger partial charge on any atom is -0.489 e. The number of benzene rings is 2. The molecule has 1 saturated heterocycles. The fraction of sp³-hybridized carbons (Fsp3) is 0.375. The Labute approximate surface area is 184 Å². The number of methoxy groups -OCH3 is 1. The first kappa shape index (κ1) is 22.4. The van der Waals surface area contributed by atoms with Gasteiger partial charge in [0.25, 0.3) is 0 Å². The lowest BCUT2D eigenvalue weighted by Crippen LogP contribution is -2.26. The summed E-state index contributed by atoms with van der Waals surface area (Å²) in [6.07, 6.45) is -0.127. The Bertz CT molecular complexity index is 1050. The summed E-state index contributed by atoms with van der Waals surface area (Å²) in [6.45, 7) is 2.52. The number of hydrogen-bond donors (Lipinski definition) is 0. The van der Waals surface area contributed by atoms with Crippen LogP contribution >= 0.6 is 0 Å². The second-order valence-corrected chi connectivity index (χ2v) is 7.85. The molecule has 1 aromatic heterocycles. The van der Waals surface area contributed by atoms with Gasteiger partial charge in [-0.2, -0.15) is 13.2 Å². The molecule has 3 aromatic rings. The molecule has 0 bridgehead atoms. The molecule has 0 radical (unpaired) electrons. The van der Waals surface area contributed by atoms with E-state index in [2.05, 4.69) is 4.98 Å². The predicted molar refractivity (Wildman–Crippen MR) is 113 cm³/mol. The lowest BCUT2D eigenvalue weighted by Gasteiger charge is -2.29. The molecule has 8 heteroatoms. The third-order valence-electron chi connectivity index (χ3n) is 5.68. The highest BCUT2D eigenvalue weighted by molar-refractivity contribution is 5.39. The van der Waals surface area contributed by atoms with Crippen LogP contribution in [0.1, 0.15) is 41.3 Å². The first-order chi connectivity index (χ1) is 15.3. The fourth-order valence-corrected chi connectivity index (χ4v) is 3.90. The lowest BCUT2D eigenvalue weighted by molar-refractivity contribution is -0.150. The Morgan fingerprint density at radius 1 is 1.16 bits per heavy atom. The summed E-state index contributed by atoms with van der Waals surface area (Å²) in [5.74, 6) is 0.982. The molecule has 0 spiro atoms. The molecule has 2 heterocycles. The molecule has 0 saturated carbocycles. The van der Waals surface area contributed by atoms with Crippen molar-refractivity contribution in [1.29, 1.82) is 0 Å². The predicted octanol–water partition coefficient (Wildman–Crippen LogP) is 5.65. The minimum absolute atomic E-state index is 0.0870. The second-order valence-electron chi connectivity index (χ2n) is 7.85. The summed E-state index contributed by atoms with van der Waals surface area (Å²) in [6, 6.07) is 11.6. The number of ether oxygens (including phenoxy) is 3. The monoisotopic (exact) mass is 446 g/mol. The van der Waals surface area contributed by atoms with Gasteiger partial charge in [-0.05, 0) is 60.7 Å². The average molecular weight is 446 g/mol. The van der Waals surface area contributed by atoms with Crippen LogP contribution in [0.15, 0.2) is 54.9 Å². The molecule has 0 amide bonds. The molecule has 5 nitrogen and oxygen atoms in total. The number of hydrogen-bond acceptors (Lipinski definition) is 4. The lowest BCUT2D eigenvalue weighted by atomic mass is 9.89. The van der Waals surface area contributed by atoms with Crippen LogP contribution in [0.2, 0.25) is 0 Å². The van der Waals surface area contributed by atoms with Crippen molar-refractivity contribution >= 4 is 0 Å². The van der Waals surface area contributed by atoms with Gasteiger partial charge in [0.15, 0.2) is 6.29 Å². The Morgan fingerprint density at radius 2 is 1.94 bits per heavy atom. The molecule has 170 valence electrons. The maximum atomic E-state index is 13.5. The average Bonchev–Trinajstić information content (AvgIpc) is 3.23. The van der Waals surface area contributed by atoms with Crippen molar-refractivity contribution in [3.8, 4) is 11.4 Å². The summed E-state index contributed by atoms with van der Waals surface area (Å²) in [5, 5.41) is 0. The van der Waals surface area contributed by atoms with Crippen LogP contribution in [-0.2, 0) is 22.3 Å². The molecule has 2 atom stereocenters. The van der Waals surface area contributed by atoms with Gasteiger partial charge in [-0.1, -0.05) is 12.1 Å². The van der Waals surface area contributed by atoms with Crippen molar-refractivity contribution in [3.05, 3.63) is 77.4 Å². The summed E-state index contributed by atoms with van der Waals surface area (Å²) < 4.78 is 59.0. The van der Waals surface area contributed by atoms with Gasteiger partial charge in [0.2, 0.25) is 0 Å². The number of aromatic nitrogens is 2. The van der Waals surface area contributed by atoms with Crippen LogP contribution < -0.4 is 4.74 Å². The summed E-state index contributed by atoms with van der Waals surface area (Å²) in [5.41, 5.74) is 1.69. The number of rotatable bonds is 6. The van der Waals surface area contributed by atoms with Crippen molar-refractivity contribution in [3.63, 3.8) is 0 Å². The van der Waals surface area contributed by atoms with Gasteiger partial charge >= 0.3 is 6.18 Å². The fourth-order valence-electron chi connectivity index (χ4n) is 3.90. The van der Waals surface area contributed by atoms with E-state index in [1.54, 1.807) is 12.3 Å². The van der Waals surface area contributed by atoms with Crippen LogP contribution in [-0.4, -0.2) is 29.6 Å². The zero-order valence-electron chi connectivity index (χ0n) is 17.9. The Kier molecular flexibility index (Phi) is 6.53. The van der Waals surface area contributed by atoms with E-state index >= 15 is 0 Å². The number of aryl methyl sites for hydroxylation is 1. The van der Waals surface area contributed by atoms with Crippen molar-refractivity contribution in [2.24, 2.45) is 0 Å². The molecule has 32 heavy (non-hydrogen) atoms. The maximum Gasteiger partial charge on any atom is 0.416 e. The number of alkyl halides is 3. The second kappa shape index (κ2) is 9.34. The van der Waals surface area contributed by atoms with Crippen molar-refractivity contribution < 1.29 is 27.4 Å². The quantitative estimate of drug-likeness (QED) is 0.491. The van der Waals surface area contributed by atoms with Gasteiger partial charge in [0.05, 0.1) is 12.2 Å². The van der Waals surface area contributed by atoms with Gasteiger partial charge in [-0.25, -0.2) is 4.98 Å². The van der Waals surface area contributed by atoms with Crippen LogP contribution in [0.25, 0.3) is 5.69 Å². The summed E-state index contributed by atoms with van der Waals surface area (Å²) in [7, 11) is 1.53. The SMILES string of the molecule is COC1CC(c2cc(OCc3ccc(-n4ccnc4C)cc3)cc(C(F)(F)F)c2)CCO1. The number of imidazole rings is 1. The highest BCUT2D eigenvalue weighted by Gasteiger charge is 2.33. The van der Waals surface area contributed by atoms with E-state index in [0.29, 0.717) is 25.0 Å². The van der Waals surface area contributed by atoms with Crippen molar-refractivity contribution in [2.45, 2.75) is 44.8 Å². The minimum atomic E-state index is -4.45. The van der Waals surface area contributed by atoms with E-state index in [9.17, 15) is 13.2 Å². The van der Waals surface area contributed by atoms with Crippen LogP contribution in [0, 0.1) is 6.92 Å². The molecular weight excluding hydrogens is 421 g/mol. The molecule has 0 aliphatic carbocycles. The third kappa shape index (κ3) is 5.14. The molecule has 4 rings (SSSR count). The topological polar surface area (TPSA) is 45.5 Å². The molecular formula is C24H25F3N2O3. The highest BCUT2D eigenvalue weighted by atomic mass is 19.4. The first-order valence-electron chi connectivity index (χ1n) is 10.4. The Balaban J connectivity index is 1.52. The molecule has 2 aromatic carbocycles. The normalized spacial score (nSPS) is 19.2. The zero-order chi connectivity index (χ0) is 22.7. The maximum absolute atomic E-state index is 13.5. The van der Waals surface area contributed by atoms with E-state index in [4.69, 9.17) is 14.2 Å². The molecule has 1 aliphatic rings. The standard InChI is InChI=1S/C24H25F3N2O3/c1-16-28-8-9-29(16)21-5-3-17(4-6-21)15-32-22-12-19(11-20(14-22)24(25,26)27)18-7-10-31-23(13-18)30-2/h3-6,8-9,11-12,14,18,23H,7,10,13,15H2,1-2H3. The van der Waals surface area contributed by atoms with Gasteiger partial charge in [0, 0.05) is 31.6 Å². The first-order valence-corrected chi connectivity index (χ1v) is 10.4. The van der Waals surface area contributed by atoms with E-state index in [0.717, 1.165) is 23.1 Å². The largest absolute Gasteiger partial charge is 0.489 e. The Hall–Kier alpha value is -2.84. The Morgan fingerprint density at radius 3 is 2.59 bits per heavy atom. The van der Waals surface area contributed by atoms with Crippen molar-refractivity contribution in [2.75, 3.05) is 13.7 Å². The van der Waals surface area contributed by atoms with E-state index in [1.807, 2.05) is 42.0 Å². The van der Waals surface area contributed by atoms with Crippen LogP contribution in [0.5, 0.6) is 5.75 Å². The third-order valence-corrected chi connectivity index (χ3v) is 5.68. The smallest absolute Gasteiger partial charge is 0.416 e. The van der Waals surface area contributed by atoms with E-state index in [1.165, 1.54) is 13.2 Å². The highest BCUT2D eigenvalue weighted by Crippen LogP contribution is 2.38. The molecule has 2 unspecified atom stereocenters. The van der Waals surface area contributed by atoms with Gasteiger partial charge in [0.1, 0.15) is 18.2 Å². The molecule has 0 N–H and O–H groups in total. The summed E-state index contributed by atoms with van der Waals surface area (Å²) >= 11 is 0.